The van der Waals surface area contributed by atoms with Crippen LogP contribution in [0.25, 0.3) is 0 Å². The highest BCUT2D eigenvalue weighted by Gasteiger charge is 1.96. The molecular weight excluding hydrogens is 896 g/mol. The van der Waals surface area contributed by atoms with Crippen molar-refractivity contribution in [2.24, 2.45) is 10.1 Å². The Labute approximate surface area is 441 Å². The number of rotatable bonds is 1. The van der Waals surface area contributed by atoms with E-state index in [1.54, 1.807) is 17.7 Å². The fourth-order valence-corrected chi connectivity index (χ4v) is 5.54. The van der Waals surface area contributed by atoms with Crippen molar-refractivity contribution in [1.82, 2.24) is 29.9 Å². The van der Waals surface area contributed by atoms with Crippen LogP contribution in [-0.2, 0) is 4.84 Å². The molecule has 0 aliphatic carbocycles. The van der Waals surface area contributed by atoms with E-state index in [4.69, 9.17) is 4.42 Å². The van der Waals surface area contributed by atoms with Crippen LogP contribution in [0.1, 0.15) is 209 Å². The molecule has 2 aliphatic heterocycles. The van der Waals surface area contributed by atoms with Gasteiger partial charge in [-0.25, -0.2) is 4.98 Å². The molecule has 0 radical (unpaired) electrons. The second-order valence-electron chi connectivity index (χ2n) is 13.9. The first-order valence-electron chi connectivity index (χ1n) is 26.0. The Bertz CT molecular complexity index is 1760. The molecule has 0 unspecified atom stereocenters. The summed E-state index contributed by atoms with van der Waals surface area (Å²) in [5, 5.41) is 6.63. The van der Waals surface area contributed by atoms with Crippen molar-refractivity contribution in [2.45, 2.75) is 221 Å². The lowest BCUT2D eigenvalue weighted by Crippen LogP contribution is -1.85. The molecule has 2 N–H and O–H groups in total. The van der Waals surface area contributed by atoms with Crippen LogP contribution in [0.5, 0.6) is 0 Å². The number of imidazole rings is 1. The molecule has 0 aromatic carbocycles. The lowest BCUT2D eigenvalue weighted by atomic mass is 10.3. The summed E-state index contributed by atoms with van der Waals surface area (Å²) in [4.78, 5) is 30.9. The molecule has 10 nitrogen and oxygen atoms in total. The van der Waals surface area contributed by atoms with Crippen LogP contribution in [0.4, 0.5) is 0 Å². The first-order valence-corrected chi connectivity index (χ1v) is 26.9. The summed E-state index contributed by atoms with van der Waals surface area (Å²) in [7, 11) is 3.00. The molecule has 0 saturated carbocycles. The molecule has 7 heterocycles. The van der Waals surface area contributed by atoms with E-state index in [1.807, 2.05) is 230 Å². The number of oxime groups is 1. The number of nitrogens with one attached hydrogen (secondary N) is 2. The zero-order chi connectivity index (χ0) is 57.3. The first kappa shape index (κ1) is 82.7. The largest absolute Gasteiger partial charge is 0.467 e. The number of aryl methyl sites for hydroxylation is 10. The number of hydrogen-bond donors (Lipinski definition) is 2. The second kappa shape index (κ2) is 62.8. The molecule has 0 saturated heterocycles. The molecule has 0 spiro atoms. The zero-order valence-corrected chi connectivity index (χ0v) is 52.7. The summed E-state index contributed by atoms with van der Waals surface area (Å²) in [6, 6.07) is 14.0. The topological polar surface area (TPSA) is 130 Å². The van der Waals surface area contributed by atoms with E-state index in [9.17, 15) is 0 Å². The maximum Gasteiger partial charge on any atom is 0.106 e. The number of aromatic amines is 2. The Morgan fingerprint density at radius 3 is 1.10 bits per heavy atom. The maximum absolute atomic E-state index is 5.08. The average molecular weight is 1010 g/mol. The number of aliphatic imine (C=N–C) groups is 1. The number of hydrogen-bond acceptors (Lipinski definition) is 8. The zero-order valence-electron chi connectivity index (χ0n) is 51.8. The number of furan rings is 1. The summed E-state index contributed by atoms with van der Waals surface area (Å²) in [5.74, 6) is 2.95. The molecule has 0 atom stereocenters. The predicted molar refractivity (Wildman–Crippen MR) is 324 cm³/mol. The minimum Gasteiger partial charge on any atom is -0.467 e. The van der Waals surface area contributed by atoms with Gasteiger partial charge in [-0.05, 0) is 164 Å². The van der Waals surface area contributed by atoms with Gasteiger partial charge in [-0.2, -0.15) is 0 Å². The summed E-state index contributed by atoms with van der Waals surface area (Å²) in [5.41, 5.74) is 11.1. The molecule has 5 aromatic heterocycles. The van der Waals surface area contributed by atoms with E-state index in [-0.39, 0.29) is 0 Å². The fraction of sp³-hybridized carbons (Fsp3) is 0.550. The highest BCUT2D eigenvalue weighted by Crippen LogP contribution is 2.22. The minimum atomic E-state index is 0.942. The predicted octanol–water partition coefficient (Wildman–Crippen LogP) is 19.7. The van der Waals surface area contributed by atoms with Crippen LogP contribution in [0.2, 0.25) is 0 Å². The third-order valence-electron chi connectivity index (χ3n) is 6.98. The smallest absolute Gasteiger partial charge is 0.106 e. The summed E-state index contributed by atoms with van der Waals surface area (Å²) in [6.45, 7) is 60.0. The van der Waals surface area contributed by atoms with E-state index in [0.29, 0.717) is 0 Å². The van der Waals surface area contributed by atoms with Gasteiger partial charge in [0, 0.05) is 64.9 Å². The van der Waals surface area contributed by atoms with E-state index < -0.39 is 0 Å². The van der Waals surface area contributed by atoms with Gasteiger partial charge in [0.25, 0.3) is 0 Å². The standard InChI is InChI=1S/C7H9N.C6H8N2.2C6H9N.C6H8O.C6H9P.C5H8N2.C4H9NO.7C2H6/c1-6-4-3-5-7(2)8-6;1-5-3-7-4-6(2)8-5;4*1-5-3-4-6(2)7-5;1-4-3-6-5(2)7-4;1-4(2)5-6-3;7*1-2/h3-5H,1-2H3;3-4H,1-2H3;3H,4H2,1-2H3;3-4,7H,1-2H3;3-4H,1-2H3;3H,4H2,1-2H3;3H,1-2H3,(H,6,7);1-3H3;7*1-2H3. The highest BCUT2D eigenvalue weighted by molar-refractivity contribution is 7.45. The third-order valence-corrected chi connectivity index (χ3v) is 8.08. The summed E-state index contributed by atoms with van der Waals surface area (Å²) < 4.78 is 5.08. The summed E-state index contributed by atoms with van der Waals surface area (Å²) >= 11 is 0. The van der Waals surface area contributed by atoms with Crippen molar-refractivity contribution in [3.05, 3.63) is 141 Å². The molecular formula is C60H111N8O2P. The van der Waals surface area contributed by atoms with E-state index in [2.05, 4.69) is 83.0 Å². The number of allylic oxidation sites excluding steroid dienone is 4. The Kier molecular flexibility index (Phi) is 73.1. The number of pyridine rings is 1. The molecule has 7 rings (SSSR count). The molecule has 408 valence electrons. The lowest BCUT2D eigenvalue weighted by molar-refractivity contribution is 0.213. The van der Waals surface area contributed by atoms with Crippen LogP contribution in [-0.4, -0.2) is 53.7 Å². The van der Waals surface area contributed by atoms with Gasteiger partial charge in [0.2, 0.25) is 0 Å². The van der Waals surface area contributed by atoms with Gasteiger partial charge in [-0.1, -0.05) is 129 Å². The van der Waals surface area contributed by atoms with Crippen LogP contribution in [0, 0.1) is 69.2 Å². The minimum absolute atomic E-state index is 0.942. The molecule has 5 aromatic rings. The van der Waals surface area contributed by atoms with Crippen molar-refractivity contribution in [3.63, 3.8) is 0 Å². The fourth-order valence-electron chi connectivity index (χ4n) is 4.57. The van der Waals surface area contributed by atoms with Crippen LogP contribution >= 0.6 is 8.20 Å². The maximum atomic E-state index is 5.08. The molecule has 0 amide bonds. The van der Waals surface area contributed by atoms with Crippen molar-refractivity contribution < 1.29 is 9.25 Å². The molecule has 11 heteroatoms. The van der Waals surface area contributed by atoms with E-state index in [1.165, 1.54) is 44.1 Å². The molecule has 2 aliphatic rings. The van der Waals surface area contributed by atoms with E-state index in [0.717, 1.165) is 63.6 Å². The lowest BCUT2D eigenvalue weighted by Gasteiger charge is -1.90. The van der Waals surface area contributed by atoms with Gasteiger partial charge in [0.1, 0.15) is 24.5 Å². The monoisotopic (exact) mass is 1010 g/mol. The second-order valence-corrected chi connectivity index (χ2v) is 15.6. The highest BCUT2D eigenvalue weighted by atomic mass is 31.1. The van der Waals surface area contributed by atoms with Crippen LogP contribution in [0.3, 0.4) is 0 Å². The number of aromatic nitrogens is 6. The van der Waals surface area contributed by atoms with Crippen molar-refractivity contribution >= 4 is 24.9 Å². The van der Waals surface area contributed by atoms with Crippen molar-refractivity contribution in [3.8, 4) is 0 Å². The van der Waals surface area contributed by atoms with Crippen molar-refractivity contribution in [2.75, 3.05) is 7.11 Å². The van der Waals surface area contributed by atoms with Crippen LogP contribution in [0.15, 0.2) is 98.8 Å². The van der Waals surface area contributed by atoms with Crippen LogP contribution < -0.4 is 0 Å². The third kappa shape index (κ3) is 64.8. The number of nitrogens with zero attached hydrogens (tertiary/aromatic N) is 6. The van der Waals surface area contributed by atoms with Gasteiger partial charge in [-0.15, -0.1) is 0 Å². The van der Waals surface area contributed by atoms with Gasteiger partial charge in [0.05, 0.1) is 17.1 Å². The summed E-state index contributed by atoms with van der Waals surface area (Å²) in [6.07, 6.45) is 12.0. The van der Waals surface area contributed by atoms with Gasteiger partial charge in [-0.3, -0.25) is 19.9 Å². The quantitative estimate of drug-likeness (QED) is 0.0977. The average Bonchev–Trinajstić information content (AvgIpc) is 4.22. The Morgan fingerprint density at radius 2 is 0.972 bits per heavy atom. The SMILES string of the molecule is CC.CC.CC.CC.CC.CC.CC.CC1=CCC(C)=N1.CC1=CCC(C)=P1.CON=C(C)C.Cc1ccc(C)[nH]1.Cc1ccc(C)o1.Cc1cccc(C)n1.Cc1cnc(C)[nH]1.Cc1cncc(C)n1. The Morgan fingerprint density at radius 1 is 0.535 bits per heavy atom. The number of H-pyrrole nitrogens is 2. The molecule has 0 bridgehead atoms. The van der Waals surface area contributed by atoms with Gasteiger partial charge < -0.3 is 19.2 Å². The normalized spacial score (nSPS) is 10.1. The Hall–Kier alpha value is -5.21. The molecule has 0 fully saturated rings. The molecule has 71 heavy (non-hydrogen) atoms. The first-order chi connectivity index (χ1) is 33.8. The Balaban J connectivity index is -0.000000103. The van der Waals surface area contributed by atoms with E-state index >= 15 is 0 Å². The van der Waals surface area contributed by atoms with Crippen molar-refractivity contribution in [1.29, 1.82) is 0 Å². The van der Waals surface area contributed by atoms with Gasteiger partial charge >= 0.3 is 0 Å². The van der Waals surface area contributed by atoms with Gasteiger partial charge in [0.15, 0.2) is 0 Å².